The van der Waals surface area contributed by atoms with Gasteiger partial charge in [-0.05, 0) is 33.6 Å². The molecule has 0 aliphatic carbocycles. The monoisotopic (exact) mass is 362 g/mol. The number of nitrogens with zero attached hydrogens (tertiary/aromatic N) is 4. The number of aromatic amines is 1. The largest absolute Gasteiger partial charge is 0.481 e. The Labute approximate surface area is 150 Å². The molecule has 140 valence electrons. The molecule has 2 atom stereocenters. The van der Waals surface area contributed by atoms with E-state index in [0.717, 1.165) is 0 Å². The molecule has 1 amide bonds. The summed E-state index contributed by atoms with van der Waals surface area (Å²) < 4.78 is 5.32. The summed E-state index contributed by atoms with van der Waals surface area (Å²) in [7, 11) is 0. The summed E-state index contributed by atoms with van der Waals surface area (Å²) in [5, 5.41) is 12.1. The van der Waals surface area contributed by atoms with Crippen molar-refractivity contribution >= 4 is 29.0 Å². The predicted molar refractivity (Wildman–Crippen MR) is 92.5 cm³/mol. The summed E-state index contributed by atoms with van der Waals surface area (Å²) in [6.45, 7) is 5.72. The summed E-state index contributed by atoms with van der Waals surface area (Å²) in [5.41, 5.74) is 0.491. The van der Waals surface area contributed by atoms with Gasteiger partial charge in [0.15, 0.2) is 11.5 Å². The van der Waals surface area contributed by atoms with Crippen LogP contribution in [0.2, 0.25) is 0 Å². The zero-order chi connectivity index (χ0) is 18.9. The zero-order valence-electron chi connectivity index (χ0n) is 14.9. The van der Waals surface area contributed by atoms with E-state index in [4.69, 9.17) is 4.74 Å². The Kier molecular flexibility index (Phi) is 4.66. The summed E-state index contributed by atoms with van der Waals surface area (Å²) >= 11 is 0. The predicted octanol–water partition coefficient (Wildman–Crippen LogP) is 1.50. The number of carboxylic acids is 1. The number of rotatable bonds is 3. The molecule has 1 aliphatic rings. The lowest BCUT2D eigenvalue weighted by Gasteiger charge is -2.39. The van der Waals surface area contributed by atoms with Crippen molar-refractivity contribution in [2.75, 3.05) is 11.4 Å². The number of hydrogen-bond acceptors (Lipinski definition) is 7. The van der Waals surface area contributed by atoms with Crippen LogP contribution in [-0.2, 0) is 9.53 Å². The van der Waals surface area contributed by atoms with Gasteiger partial charge in [-0.15, -0.1) is 0 Å². The molecule has 2 aromatic rings. The maximum Gasteiger partial charge on any atom is 0.409 e. The molecule has 3 N–H and O–H groups in total. The Morgan fingerprint density at radius 3 is 2.81 bits per heavy atom. The number of piperidine rings is 1. The molecule has 10 heteroatoms. The minimum absolute atomic E-state index is 0.244. The Bertz CT molecular complexity index is 814. The van der Waals surface area contributed by atoms with Crippen LogP contribution in [0.25, 0.3) is 11.2 Å². The number of aliphatic carboxylic acids is 1. The SMILES string of the molecule is CC(C)(C)OC(=O)NC1C[C@H](C(=O)O)CCN1c1ncnc2nc[nH]c12. The molecular formula is C16H22N6O4. The third-order valence-corrected chi connectivity index (χ3v) is 4.11. The summed E-state index contributed by atoms with van der Waals surface area (Å²) in [5.74, 6) is -0.863. The number of carbonyl (C=O) groups is 2. The Morgan fingerprint density at radius 2 is 2.12 bits per heavy atom. The maximum atomic E-state index is 12.2. The molecule has 1 saturated heterocycles. The highest BCUT2D eigenvalue weighted by Crippen LogP contribution is 2.29. The van der Waals surface area contributed by atoms with E-state index in [0.29, 0.717) is 29.9 Å². The second kappa shape index (κ2) is 6.77. The fraction of sp³-hybridized carbons (Fsp3) is 0.562. The highest BCUT2D eigenvalue weighted by atomic mass is 16.6. The van der Waals surface area contributed by atoms with Crippen molar-refractivity contribution in [2.24, 2.45) is 5.92 Å². The normalized spacial score (nSPS) is 20.8. The number of carboxylic acid groups (broad SMARTS) is 1. The van der Waals surface area contributed by atoms with E-state index in [1.807, 2.05) is 4.90 Å². The third-order valence-electron chi connectivity index (χ3n) is 4.11. The van der Waals surface area contributed by atoms with Crippen molar-refractivity contribution in [2.45, 2.75) is 45.4 Å². The molecule has 1 unspecified atom stereocenters. The fourth-order valence-electron chi connectivity index (χ4n) is 2.99. The summed E-state index contributed by atoms with van der Waals surface area (Å²) in [6, 6.07) is 0. The van der Waals surface area contributed by atoms with E-state index in [1.165, 1.54) is 12.7 Å². The van der Waals surface area contributed by atoms with Gasteiger partial charge < -0.3 is 25.0 Å². The Morgan fingerprint density at radius 1 is 1.35 bits per heavy atom. The van der Waals surface area contributed by atoms with E-state index < -0.39 is 29.7 Å². The maximum absolute atomic E-state index is 12.2. The molecule has 1 fully saturated rings. The van der Waals surface area contributed by atoms with E-state index >= 15 is 0 Å². The molecule has 2 aromatic heterocycles. The lowest BCUT2D eigenvalue weighted by molar-refractivity contribution is -0.142. The van der Waals surface area contributed by atoms with Crippen LogP contribution in [0.1, 0.15) is 33.6 Å². The highest BCUT2D eigenvalue weighted by molar-refractivity contribution is 5.83. The van der Waals surface area contributed by atoms with Gasteiger partial charge in [0.1, 0.15) is 23.6 Å². The minimum Gasteiger partial charge on any atom is -0.481 e. The standard InChI is InChI=1S/C16H22N6O4/c1-16(2,3)26-15(25)21-10-6-9(14(23)24)4-5-22(10)13-11-12(18-7-17-11)19-8-20-13/h7-10H,4-6H2,1-3H3,(H,21,25)(H,23,24)(H,17,18,19,20)/t9-,10?/m1/s1. The second-order valence-corrected chi connectivity index (χ2v) is 7.21. The average Bonchev–Trinajstić information content (AvgIpc) is 3.01. The molecule has 26 heavy (non-hydrogen) atoms. The van der Waals surface area contributed by atoms with Gasteiger partial charge in [-0.1, -0.05) is 0 Å². The van der Waals surface area contributed by atoms with Crippen molar-refractivity contribution < 1.29 is 19.4 Å². The van der Waals surface area contributed by atoms with Crippen molar-refractivity contribution in [3.05, 3.63) is 12.7 Å². The van der Waals surface area contributed by atoms with Gasteiger partial charge in [-0.25, -0.2) is 19.7 Å². The van der Waals surface area contributed by atoms with E-state index in [9.17, 15) is 14.7 Å². The molecule has 0 aromatic carbocycles. The number of fused-ring (bicyclic) bond motifs is 1. The van der Waals surface area contributed by atoms with Crippen molar-refractivity contribution in [3.63, 3.8) is 0 Å². The van der Waals surface area contributed by atoms with Gasteiger partial charge in [0.2, 0.25) is 0 Å². The van der Waals surface area contributed by atoms with E-state index in [1.54, 1.807) is 20.8 Å². The molecule has 3 heterocycles. The van der Waals surface area contributed by atoms with Crippen LogP contribution in [0.4, 0.5) is 10.6 Å². The molecule has 10 nitrogen and oxygen atoms in total. The molecule has 0 saturated carbocycles. The van der Waals surface area contributed by atoms with Crippen LogP contribution in [0.3, 0.4) is 0 Å². The van der Waals surface area contributed by atoms with Gasteiger partial charge in [-0.2, -0.15) is 0 Å². The van der Waals surface area contributed by atoms with Crippen LogP contribution in [0.15, 0.2) is 12.7 Å². The van der Waals surface area contributed by atoms with Gasteiger partial charge in [0, 0.05) is 6.54 Å². The number of amides is 1. The summed E-state index contributed by atoms with van der Waals surface area (Å²) in [6.07, 6.45) is 2.43. The zero-order valence-corrected chi connectivity index (χ0v) is 14.9. The number of imidazole rings is 1. The minimum atomic E-state index is -0.880. The molecule has 1 aliphatic heterocycles. The second-order valence-electron chi connectivity index (χ2n) is 7.21. The molecule has 0 spiro atoms. The molecule has 0 radical (unpaired) electrons. The first-order valence-electron chi connectivity index (χ1n) is 8.37. The van der Waals surface area contributed by atoms with Crippen LogP contribution in [0, 0.1) is 5.92 Å². The highest BCUT2D eigenvalue weighted by Gasteiger charge is 2.35. The lowest BCUT2D eigenvalue weighted by atomic mass is 9.94. The molecule has 0 bridgehead atoms. The first-order chi connectivity index (χ1) is 12.2. The molecular weight excluding hydrogens is 340 g/mol. The first kappa shape index (κ1) is 17.9. The number of alkyl carbamates (subject to hydrolysis) is 1. The number of carbonyl (C=O) groups excluding carboxylic acids is 1. The Balaban J connectivity index is 1.87. The van der Waals surface area contributed by atoms with Gasteiger partial charge in [-0.3, -0.25) is 4.79 Å². The average molecular weight is 362 g/mol. The summed E-state index contributed by atoms with van der Waals surface area (Å²) in [4.78, 5) is 41.0. The third kappa shape index (κ3) is 3.84. The van der Waals surface area contributed by atoms with Gasteiger partial charge >= 0.3 is 12.1 Å². The number of anilines is 1. The van der Waals surface area contributed by atoms with Crippen molar-refractivity contribution in [1.82, 2.24) is 25.3 Å². The fourth-order valence-corrected chi connectivity index (χ4v) is 2.99. The lowest BCUT2D eigenvalue weighted by Crippen LogP contribution is -2.55. The van der Waals surface area contributed by atoms with Crippen LogP contribution < -0.4 is 10.2 Å². The molecule has 3 rings (SSSR count). The van der Waals surface area contributed by atoms with E-state index in [-0.39, 0.29) is 6.42 Å². The number of nitrogens with one attached hydrogen (secondary N) is 2. The number of H-pyrrole nitrogens is 1. The first-order valence-corrected chi connectivity index (χ1v) is 8.37. The van der Waals surface area contributed by atoms with Gasteiger partial charge in [0.05, 0.1) is 12.2 Å². The van der Waals surface area contributed by atoms with Crippen molar-refractivity contribution in [1.29, 1.82) is 0 Å². The number of hydrogen-bond donors (Lipinski definition) is 3. The number of aromatic nitrogens is 4. The number of ether oxygens (including phenoxy) is 1. The van der Waals surface area contributed by atoms with E-state index in [2.05, 4.69) is 25.3 Å². The van der Waals surface area contributed by atoms with Crippen LogP contribution >= 0.6 is 0 Å². The smallest absolute Gasteiger partial charge is 0.409 e. The van der Waals surface area contributed by atoms with Gasteiger partial charge in [0.25, 0.3) is 0 Å². The van der Waals surface area contributed by atoms with Crippen LogP contribution in [0.5, 0.6) is 0 Å². The topological polar surface area (TPSA) is 133 Å². The van der Waals surface area contributed by atoms with Crippen LogP contribution in [-0.4, -0.2) is 55.4 Å². The van der Waals surface area contributed by atoms with Crippen molar-refractivity contribution in [3.8, 4) is 0 Å². The quantitative estimate of drug-likeness (QED) is 0.748. The Hall–Kier alpha value is -2.91.